The number of ether oxygens (including phenoxy) is 3. The fourth-order valence-corrected chi connectivity index (χ4v) is 3.10. The molecule has 0 bridgehead atoms. The Morgan fingerprint density at radius 1 is 1.32 bits per heavy atom. The molecule has 0 aromatic heterocycles. The van der Waals surface area contributed by atoms with E-state index in [0.717, 1.165) is 11.4 Å². The van der Waals surface area contributed by atoms with Crippen LogP contribution < -0.4 is 0 Å². The van der Waals surface area contributed by atoms with Crippen LogP contribution in [0.25, 0.3) is 0 Å². The Bertz CT molecular complexity index is 447. The summed E-state index contributed by atoms with van der Waals surface area (Å²) in [6, 6.07) is 0. The zero-order chi connectivity index (χ0) is 14.6. The van der Waals surface area contributed by atoms with Crippen LogP contribution in [0.3, 0.4) is 0 Å². The third kappa shape index (κ3) is 3.43. The first-order valence-corrected chi connectivity index (χ1v) is 7.11. The van der Waals surface area contributed by atoms with Gasteiger partial charge in [-0.05, 0) is 6.92 Å². The van der Waals surface area contributed by atoms with Gasteiger partial charge in [-0.1, -0.05) is 0 Å². The summed E-state index contributed by atoms with van der Waals surface area (Å²) < 4.78 is 39.4. The number of nitrogens with zero attached hydrogens (tertiary/aromatic N) is 1. The van der Waals surface area contributed by atoms with E-state index in [1.807, 2.05) is 0 Å². The Hall–Kier alpha value is -1.19. The number of hydrogen-bond donors (Lipinski definition) is 0. The van der Waals surface area contributed by atoms with Gasteiger partial charge >= 0.3 is 11.9 Å². The molecule has 19 heavy (non-hydrogen) atoms. The maximum absolute atomic E-state index is 12.2. The molecule has 0 aliphatic carbocycles. The summed E-state index contributed by atoms with van der Waals surface area (Å²) in [5.74, 6) is -1.49. The van der Waals surface area contributed by atoms with Gasteiger partial charge < -0.3 is 14.2 Å². The minimum absolute atomic E-state index is 0.0624. The minimum Gasteiger partial charge on any atom is -0.468 e. The zero-order valence-electron chi connectivity index (χ0n) is 11.0. The highest BCUT2D eigenvalue weighted by Gasteiger charge is 2.39. The quantitative estimate of drug-likeness (QED) is 0.597. The molecular formula is C10H17NO7S. The van der Waals surface area contributed by atoms with Crippen LogP contribution in [0.4, 0.5) is 0 Å². The Balaban J connectivity index is 2.84. The molecule has 0 aromatic rings. The van der Waals surface area contributed by atoms with E-state index in [-0.39, 0.29) is 19.7 Å². The van der Waals surface area contributed by atoms with Crippen molar-refractivity contribution in [2.24, 2.45) is 0 Å². The molecule has 1 heterocycles. The molecule has 1 aliphatic rings. The van der Waals surface area contributed by atoms with Crippen molar-refractivity contribution in [2.75, 3.05) is 33.9 Å². The van der Waals surface area contributed by atoms with Crippen molar-refractivity contribution in [2.45, 2.75) is 18.3 Å². The first kappa shape index (κ1) is 15.9. The summed E-state index contributed by atoms with van der Waals surface area (Å²) in [5, 5.41) is -1.33. The lowest BCUT2D eigenvalue weighted by molar-refractivity contribution is -0.157. The Labute approximate surface area is 111 Å². The Kier molecular flexibility index (Phi) is 5.27. The zero-order valence-corrected chi connectivity index (χ0v) is 11.8. The molecule has 8 nitrogen and oxygen atoms in total. The van der Waals surface area contributed by atoms with Gasteiger partial charge in [-0.2, -0.15) is 4.31 Å². The topological polar surface area (TPSA) is 99.2 Å². The van der Waals surface area contributed by atoms with Crippen molar-refractivity contribution >= 4 is 22.0 Å². The molecule has 0 radical (unpaired) electrons. The average Bonchev–Trinajstić information content (AvgIpc) is 2.44. The van der Waals surface area contributed by atoms with Crippen molar-refractivity contribution in [3.05, 3.63) is 0 Å². The number of carbonyl (C=O) groups excluding carboxylic acids is 2. The normalized spacial score (nSPS) is 22.6. The van der Waals surface area contributed by atoms with Crippen LogP contribution in [0.1, 0.15) is 6.92 Å². The van der Waals surface area contributed by atoms with E-state index in [1.165, 1.54) is 14.0 Å². The van der Waals surface area contributed by atoms with Gasteiger partial charge in [0.05, 0.1) is 27.4 Å². The third-order valence-electron chi connectivity index (χ3n) is 2.83. The summed E-state index contributed by atoms with van der Waals surface area (Å²) >= 11 is 0. The van der Waals surface area contributed by atoms with Crippen molar-refractivity contribution in [1.82, 2.24) is 4.31 Å². The molecule has 1 aliphatic heterocycles. The molecule has 0 aromatic carbocycles. The maximum atomic E-state index is 12.2. The molecule has 2 atom stereocenters. The summed E-state index contributed by atoms with van der Waals surface area (Å²) in [7, 11) is -1.57. The van der Waals surface area contributed by atoms with Crippen molar-refractivity contribution < 1.29 is 32.2 Å². The first-order chi connectivity index (χ1) is 8.84. The second-order valence-electron chi connectivity index (χ2n) is 3.95. The Morgan fingerprint density at radius 3 is 2.47 bits per heavy atom. The molecule has 0 spiro atoms. The van der Waals surface area contributed by atoms with Crippen LogP contribution in [0.2, 0.25) is 0 Å². The smallest absolute Gasteiger partial charge is 0.336 e. The second kappa shape index (κ2) is 6.31. The predicted octanol–water partition coefficient (Wildman–Crippen LogP) is -1.25. The molecule has 2 unspecified atom stereocenters. The second-order valence-corrected chi connectivity index (χ2v) is 6.20. The highest BCUT2D eigenvalue weighted by Crippen LogP contribution is 2.16. The molecule has 110 valence electrons. The van der Waals surface area contributed by atoms with Gasteiger partial charge in [0.15, 0.2) is 11.4 Å². The van der Waals surface area contributed by atoms with Gasteiger partial charge in [-0.3, -0.25) is 4.79 Å². The first-order valence-electron chi connectivity index (χ1n) is 5.60. The van der Waals surface area contributed by atoms with Crippen molar-refractivity contribution in [3.8, 4) is 0 Å². The average molecular weight is 295 g/mol. The predicted molar refractivity (Wildman–Crippen MR) is 63.7 cm³/mol. The number of rotatable bonds is 4. The van der Waals surface area contributed by atoms with Crippen LogP contribution in [-0.4, -0.2) is 69.9 Å². The largest absolute Gasteiger partial charge is 0.468 e. The van der Waals surface area contributed by atoms with Gasteiger partial charge in [0.25, 0.3) is 0 Å². The summed E-state index contributed by atoms with van der Waals surface area (Å²) in [6.45, 7) is 1.21. The van der Waals surface area contributed by atoms with Crippen LogP contribution >= 0.6 is 0 Å². The third-order valence-corrected chi connectivity index (χ3v) is 4.97. The lowest BCUT2D eigenvalue weighted by atomic mass is 10.3. The summed E-state index contributed by atoms with van der Waals surface area (Å²) in [6.07, 6.45) is -0.974. The van der Waals surface area contributed by atoms with Crippen molar-refractivity contribution in [1.29, 1.82) is 0 Å². The SMILES string of the molecule is COC(=O)C1CN(S(=O)(=O)C(C)C(=O)OC)CCO1. The molecule has 1 fully saturated rings. The van der Waals surface area contributed by atoms with Gasteiger partial charge in [0.1, 0.15) is 0 Å². The van der Waals surface area contributed by atoms with E-state index >= 15 is 0 Å². The number of carbonyl (C=O) groups is 2. The molecular weight excluding hydrogens is 278 g/mol. The molecule has 1 saturated heterocycles. The lowest BCUT2D eigenvalue weighted by Crippen LogP contribution is -2.52. The van der Waals surface area contributed by atoms with E-state index < -0.39 is 33.3 Å². The van der Waals surface area contributed by atoms with E-state index in [2.05, 4.69) is 9.47 Å². The monoisotopic (exact) mass is 295 g/mol. The van der Waals surface area contributed by atoms with E-state index in [4.69, 9.17) is 4.74 Å². The standard InChI is InChI=1S/C10H17NO7S/c1-7(9(12)16-2)19(14,15)11-4-5-18-8(6-11)10(13)17-3/h7-8H,4-6H2,1-3H3. The van der Waals surface area contributed by atoms with Gasteiger partial charge in [0, 0.05) is 6.54 Å². The number of morpholine rings is 1. The van der Waals surface area contributed by atoms with Crippen LogP contribution in [-0.2, 0) is 33.8 Å². The van der Waals surface area contributed by atoms with Gasteiger partial charge in [-0.15, -0.1) is 0 Å². The van der Waals surface area contributed by atoms with Crippen LogP contribution in [0, 0.1) is 0 Å². The van der Waals surface area contributed by atoms with Gasteiger partial charge in [0.2, 0.25) is 10.0 Å². The van der Waals surface area contributed by atoms with E-state index in [1.54, 1.807) is 0 Å². The highest BCUT2D eigenvalue weighted by molar-refractivity contribution is 7.90. The summed E-state index contributed by atoms with van der Waals surface area (Å²) in [4.78, 5) is 22.7. The number of methoxy groups -OCH3 is 2. The lowest BCUT2D eigenvalue weighted by Gasteiger charge is -2.31. The van der Waals surface area contributed by atoms with E-state index in [0.29, 0.717) is 0 Å². The molecule has 0 saturated carbocycles. The molecule has 0 amide bonds. The highest BCUT2D eigenvalue weighted by atomic mass is 32.2. The molecule has 9 heteroatoms. The van der Waals surface area contributed by atoms with Crippen molar-refractivity contribution in [3.63, 3.8) is 0 Å². The number of sulfonamides is 1. The number of hydrogen-bond acceptors (Lipinski definition) is 7. The molecule has 0 N–H and O–H groups in total. The Morgan fingerprint density at radius 2 is 1.95 bits per heavy atom. The molecule has 1 rings (SSSR count). The minimum atomic E-state index is -3.88. The maximum Gasteiger partial charge on any atom is 0.336 e. The fraction of sp³-hybridized carbons (Fsp3) is 0.800. The van der Waals surface area contributed by atoms with Crippen LogP contribution in [0.5, 0.6) is 0 Å². The van der Waals surface area contributed by atoms with Gasteiger partial charge in [-0.25, -0.2) is 13.2 Å². The van der Waals surface area contributed by atoms with E-state index in [9.17, 15) is 18.0 Å². The fourth-order valence-electron chi connectivity index (χ4n) is 1.64. The summed E-state index contributed by atoms with van der Waals surface area (Å²) in [5.41, 5.74) is 0. The number of esters is 2. The van der Waals surface area contributed by atoms with Crippen LogP contribution in [0.15, 0.2) is 0 Å².